The molecular formula is C22H32N4O2. The second-order valence-corrected chi connectivity index (χ2v) is 7.91. The topological polar surface area (TPSA) is 59.4 Å². The van der Waals surface area contributed by atoms with E-state index in [1.54, 1.807) is 11.8 Å². The molecule has 2 heterocycles. The van der Waals surface area contributed by atoms with Gasteiger partial charge in [0.2, 0.25) is 0 Å². The van der Waals surface area contributed by atoms with E-state index in [2.05, 4.69) is 18.3 Å². The van der Waals surface area contributed by atoms with Crippen LogP contribution in [0.4, 0.5) is 0 Å². The molecule has 0 aliphatic carbocycles. The molecule has 1 amide bonds. The number of rotatable bonds is 6. The zero-order chi connectivity index (χ0) is 20.3. The van der Waals surface area contributed by atoms with Gasteiger partial charge < -0.3 is 15.0 Å². The van der Waals surface area contributed by atoms with Crippen molar-refractivity contribution in [3.8, 4) is 5.75 Å². The van der Waals surface area contributed by atoms with E-state index in [9.17, 15) is 4.79 Å². The van der Waals surface area contributed by atoms with Gasteiger partial charge in [0.15, 0.2) is 6.10 Å². The highest BCUT2D eigenvalue weighted by Crippen LogP contribution is 2.25. The lowest BCUT2D eigenvalue weighted by Crippen LogP contribution is -2.37. The molecule has 6 heteroatoms. The average Bonchev–Trinajstić information content (AvgIpc) is 3.05. The van der Waals surface area contributed by atoms with Crippen LogP contribution in [0.3, 0.4) is 0 Å². The molecule has 0 saturated carbocycles. The lowest BCUT2D eigenvalue weighted by atomic mass is 9.94. The Morgan fingerprint density at radius 2 is 2.00 bits per heavy atom. The fourth-order valence-electron chi connectivity index (χ4n) is 3.67. The van der Waals surface area contributed by atoms with Crippen LogP contribution in [0.1, 0.15) is 48.2 Å². The summed E-state index contributed by atoms with van der Waals surface area (Å²) in [5, 5.41) is 8.09. The molecule has 1 aromatic carbocycles. The summed E-state index contributed by atoms with van der Waals surface area (Å²) in [4.78, 5) is 14.5. The third kappa shape index (κ3) is 4.73. The van der Waals surface area contributed by atoms with Crippen molar-refractivity contribution in [1.29, 1.82) is 0 Å². The van der Waals surface area contributed by atoms with E-state index in [-0.39, 0.29) is 5.91 Å². The smallest absolute Gasteiger partial charge is 0.263 e. The van der Waals surface area contributed by atoms with Crippen LogP contribution in [0.5, 0.6) is 5.75 Å². The molecule has 0 spiro atoms. The van der Waals surface area contributed by atoms with Gasteiger partial charge in [-0.1, -0.05) is 6.07 Å². The third-order valence-electron chi connectivity index (χ3n) is 5.67. The van der Waals surface area contributed by atoms with Crippen molar-refractivity contribution >= 4 is 5.91 Å². The largest absolute Gasteiger partial charge is 0.481 e. The maximum atomic E-state index is 12.8. The first-order valence-corrected chi connectivity index (χ1v) is 10.1. The molecule has 1 aromatic heterocycles. The molecule has 1 fully saturated rings. The number of amides is 1. The summed E-state index contributed by atoms with van der Waals surface area (Å²) in [5.74, 6) is 1.20. The first-order chi connectivity index (χ1) is 13.3. The van der Waals surface area contributed by atoms with Gasteiger partial charge in [-0.2, -0.15) is 5.10 Å². The van der Waals surface area contributed by atoms with Crippen LogP contribution in [0.2, 0.25) is 0 Å². The molecule has 1 atom stereocenters. The predicted molar refractivity (Wildman–Crippen MR) is 111 cm³/mol. The normalized spacial score (nSPS) is 16.0. The fraction of sp³-hybridized carbons (Fsp3) is 0.545. The molecule has 152 valence electrons. The van der Waals surface area contributed by atoms with Gasteiger partial charge in [0, 0.05) is 20.0 Å². The van der Waals surface area contributed by atoms with Gasteiger partial charge in [0.25, 0.3) is 5.91 Å². The van der Waals surface area contributed by atoms with Crippen LogP contribution in [-0.4, -0.2) is 46.8 Å². The number of hydrogen-bond acceptors (Lipinski definition) is 4. The Morgan fingerprint density at radius 3 is 2.68 bits per heavy atom. The van der Waals surface area contributed by atoms with E-state index in [1.807, 2.05) is 43.9 Å². The fourth-order valence-corrected chi connectivity index (χ4v) is 3.67. The number of carbonyl (C=O) groups is 1. The number of aryl methyl sites for hydroxylation is 3. The number of hydrogen-bond donors (Lipinski definition) is 1. The van der Waals surface area contributed by atoms with Crippen LogP contribution in [0.15, 0.2) is 24.3 Å². The van der Waals surface area contributed by atoms with Crippen molar-refractivity contribution in [2.45, 2.75) is 52.2 Å². The summed E-state index contributed by atoms with van der Waals surface area (Å²) >= 11 is 0. The molecule has 1 aliphatic rings. The first-order valence-electron chi connectivity index (χ1n) is 10.1. The third-order valence-corrected chi connectivity index (χ3v) is 5.67. The number of piperidine rings is 1. The maximum Gasteiger partial charge on any atom is 0.263 e. The zero-order valence-corrected chi connectivity index (χ0v) is 17.7. The molecule has 28 heavy (non-hydrogen) atoms. The van der Waals surface area contributed by atoms with Crippen LogP contribution >= 0.6 is 0 Å². The van der Waals surface area contributed by atoms with Gasteiger partial charge in [-0.3, -0.25) is 9.48 Å². The second kappa shape index (κ2) is 8.78. The van der Waals surface area contributed by atoms with E-state index < -0.39 is 6.10 Å². The van der Waals surface area contributed by atoms with E-state index in [4.69, 9.17) is 9.84 Å². The number of benzene rings is 1. The molecule has 1 aliphatic heterocycles. The van der Waals surface area contributed by atoms with Crippen molar-refractivity contribution in [3.05, 3.63) is 46.8 Å². The van der Waals surface area contributed by atoms with Gasteiger partial charge in [-0.15, -0.1) is 0 Å². The summed E-state index contributed by atoms with van der Waals surface area (Å²) in [7, 11) is 3.77. The van der Waals surface area contributed by atoms with E-state index in [0.717, 1.165) is 48.6 Å². The van der Waals surface area contributed by atoms with Gasteiger partial charge in [0.1, 0.15) is 5.75 Å². The minimum absolute atomic E-state index is 0.0390. The Hall–Kier alpha value is -2.34. The minimum atomic E-state index is -0.538. The van der Waals surface area contributed by atoms with Crippen molar-refractivity contribution < 1.29 is 9.53 Å². The summed E-state index contributed by atoms with van der Waals surface area (Å²) < 4.78 is 7.78. The predicted octanol–water partition coefficient (Wildman–Crippen LogP) is 2.93. The summed E-state index contributed by atoms with van der Waals surface area (Å²) in [6.45, 7) is 8.52. The quantitative estimate of drug-likeness (QED) is 0.832. The minimum Gasteiger partial charge on any atom is -0.481 e. The van der Waals surface area contributed by atoms with Crippen molar-refractivity contribution in [3.63, 3.8) is 0 Å². The molecule has 1 N–H and O–H groups in total. The lowest BCUT2D eigenvalue weighted by Gasteiger charge is -2.22. The second-order valence-electron chi connectivity index (χ2n) is 7.91. The van der Waals surface area contributed by atoms with Gasteiger partial charge in [0.05, 0.1) is 17.9 Å². The van der Waals surface area contributed by atoms with Gasteiger partial charge >= 0.3 is 0 Å². The molecule has 1 saturated heterocycles. The number of nitrogens with one attached hydrogen (secondary N) is 1. The summed E-state index contributed by atoms with van der Waals surface area (Å²) in [6.07, 6.45) is 1.70. The van der Waals surface area contributed by atoms with E-state index in [1.165, 1.54) is 5.56 Å². The molecule has 2 aromatic rings. The number of aromatic nitrogens is 2. The molecule has 1 unspecified atom stereocenters. The number of likely N-dealkylation sites (N-methyl/N-ethyl adjacent to an activating group) is 1. The summed E-state index contributed by atoms with van der Waals surface area (Å²) in [5.41, 5.74) is 4.55. The van der Waals surface area contributed by atoms with Crippen LogP contribution in [-0.2, 0) is 18.4 Å². The number of nitrogens with zero attached hydrogens (tertiary/aromatic N) is 3. The Kier molecular flexibility index (Phi) is 6.39. The van der Waals surface area contributed by atoms with Crippen molar-refractivity contribution in [2.24, 2.45) is 7.05 Å². The van der Waals surface area contributed by atoms with Crippen molar-refractivity contribution in [2.75, 3.05) is 20.1 Å². The van der Waals surface area contributed by atoms with Gasteiger partial charge in [-0.05, 0) is 76.0 Å². The SMILES string of the molecule is Cc1ccc(OC(C)C(=O)N(C)Cc2cc(C3CCNCC3)nn2C)cc1C. The van der Waals surface area contributed by atoms with E-state index in [0.29, 0.717) is 12.5 Å². The molecule has 0 radical (unpaired) electrons. The highest BCUT2D eigenvalue weighted by molar-refractivity contribution is 5.80. The average molecular weight is 385 g/mol. The highest BCUT2D eigenvalue weighted by atomic mass is 16.5. The van der Waals surface area contributed by atoms with Crippen LogP contribution < -0.4 is 10.1 Å². The maximum absolute atomic E-state index is 12.8. The highest BCUT2D eigenvalue weighted by Gasteiger charge is 2.23. The van der Waals surface area contributed by atoms with Crippen LogP contribution in [0.25, 0.3) is 0 Å². The first kappa shape index (κ1) is 20.4. The lowest BCUT2D eigenvalue weighted by molar-refractivity contribution is -0.137. The van der Waals surface area contributed by atoms with Gasteiger partial charge in [-0.25, -0.2) is 0 Å². The Balaban J connectivity index is 1.61. The number of carbonyl (C=O) groups excluding carboxylic acids is 1. The molecular weight excluding hydrogens is 352 g/mol. The van der Waals surface area contributed by atoms with Crippen LogP contribution in [0, 0.1) is 13.8 Å². The monoisotopic (exact) mass is 384 g/mol. The zero-order valence-electron chi connectivity index (χ0n) is 17.7. The molecule has 6 nitrogen and oxygen atoms in total. The van der Waals surface area contributed by atoms with E-state index >= 15 is 0 Å². The molecule has 3 rings (SSSR count). The Labute approximate surface area is 167 Å². The number of ether oxygens (including phenoxy) is 1. The molecule has 0 bridgehead atoms. The Bertz CT molecular complexity index is 824. The Morgan fingerprint density at radius 1 is 1.29 bits per heavy atom. The standard InChI is InChI=1S/C22H32N4O2/c1-15-6-7-20(12-16(15)2)28-17(3)22(27)25(4)14-19-13-21(24-26(19)5)18-8-10-23-11-9-18/h6-7,12-13,17-18,23H,8-11,14H2,1-5H3. The van der Waals surface area contributed by atoms with Crippen molar-refractivity contribution in [1.82, 2.24) is 20.0 Å². The summed E-state index contributed by atoms with van der Waals surface area (Å²) in [6, 6.07) is 8.06.